The van der Waals surface area contributed by atoms with Crippen LogP contribution in [-0.4, -0.2) is 10.2 Å². The van der Waals surface area contributed by atoms with Gasteiger partial charge in [-0.3, -0.25) is 0 Å². The highest BCUT2D eigenvalue weighted by Crippen LogP contribution is 2.21. The van der Waals surface area contributed by atoms with Crippen molar-refractivity contribution < 1.29 is 0 Å². The monoisotopic (exact) mass is 189 g/mol. The predicted octanol–water partition coefficient (Wildman–Crippen LogP) is 2.17. The lowest BCUT2D eigenvalue weighted by Gasteiger charge is -2.10. The third-order valence-electron chi connectivity index (χ3n) is 2.03. The van der Waals surface area contributed by atoms with E-state index in [1.807, 2.05) is 6.08 Å². The Morgan fingerprint density at radius 1 is 1.50 bits per heavy atom. The lowest BCUT2D eigenvalue weighted by molar-refractivity contribution is 0.835. The highest BCUT2D eigenvalue weighted by molar-refractivity contribution is 5.64. The average Bonchev–Trinajstić information content (AvgIpc) is 2.18. The van der Waals surface area contributed by atoms with Crippen LogP contribution in [0.3, 0.4) is 0 Å². The molecule has 0 atom stereocenters. The van der Waals surface area contributed by atoms with E-state index in [9.17, 15) is 0 Å². The zero-order valence-corrected chi connectivity index (χ0v) is 8.57. The molecule has 0 aliphatic rings. The summed E-state index contributed by atoms with van der Waals surface area (Å²) < 4.78 is 0. The molecule has 14 heavy (non-hydrogen) atoms. The number of hydrogen-bond acceptors (Lipinski definition) is 3. The van der Waals surface area contributed by atoms with E-state index in [4.69, 9.17) is 5.73 Å². The minimum Gasteiger partial charge on any atom is -0.405 e. The Morgan fingerprint density at radius 2 is 2.21 bits per heavy atom. The van der Waals surface area contributed by atoms with Gasteiger partial charge in [0, 0.05) is 5.56 Å². The molecule has 3 heteroatoms. The van der Waals surface area contributed by atoms with E-state index in [1.165, 1.54) is 6.20 Å². The molecule has 0 aliphatic heterocycles. The molecule has 0 radical (unpaired) electrons. The summed E-state index contributed by atoms with van der Waals surface area (Å²) in [6, 6.07) is 0. The smallest absolute Gasteiger partial charge is 0.0927 e. The highest BCUT2D eigenvalue weighted by atomic mass is 15.1. The Kier molecular flexibility index (Phi) is 3.40. The number of nitrogens with two attached hydrogens (primary N) is 1. The van der Waals surface area contributed by atoms with Crippen LogP contribution in [0.5, 0.6) is 0 Å². The Labute approximate surface area is 84.4 Å². The molecule has 0 bridgehead atoms. The molecule has 0 saturated heterocycles. The summed E-state index contributed by atoms with van der Waals surface area (Å²) in [7, 11) is 0. The maximum atomic E-state index is 5.39. The molecule has 1 heterocycles. The van der Waals surface area contributed by atoms with Gasteiger partial charge >= 0.3 is 0 Å². The molecular formula is C11H15N3. The molecule has 0 spiro atoms. The molecule has 1 aromatic rings. The molecule has 0 aliphatic carbocycles. The van der Waals surface area contributed by atoms with E-state index < -0.39 is 0 Å². The van der Waals surface area contributed by atoms with Gasteiger partial charge in [0.05, 0.1) is 11.9 Å². The number of aromatic nitrogens is 2. The highest BCUT2D eigenvalue weighted by Gasteiger charge is 2.08. The average molecular weight is 189 g/mol. The first-order valence-corrected chi connectivity index (χ1v) is 4.57. The van der Waals surface area contributed by atoms with Crippen LogP contribution >= 0.6 is 0 Å². The molecule has 0 amide bonds. The lowest BCUT2D eigenvalue weighted by Crippen LogP contribution is -2.00. The van der Waals surface area contributed by atoms with Crippen LogP contribution in [0.25, 0.3) is 12.2 Å². The van der Waals surface area contributed by atoms with Crippen molar-refractivity contribution in [3.8, 4) is 0 Å². The molecule has 2 N–H and O–H groups in total. The van der Waals surface area contributed by atoms with Gasteiger partial charge in [0.1, 0.15) is 0 Å². The van der Waals surface area contributed by atoms with E-state index in [0.29, 0.717) is 5.92 Å². The Bertz CT molecular complexity index is 354. The van der Waals surface area contributed by atoms with Gasteiger partial charge in [0.15, 0.2) is 0 Å². The molecule has 3 nitrogen and oxygen atoms in total. The molecular weight excluding hydrogens is 174 g/mol. The standard InChI is InChI=1S/C11H15N3/c1-4-11-9(5-6-12)10(8(2)3)7-13-14-11/h4-8H,1,12H2,2-3H3/b6-5-. The quantitative estimate of drug-likeness (QED) is 0.792. The predicted molar refractivity (Wildman–Crippen MR) is 59.4 cm³/mol. The minimum atomic E-state index is 0.399. The van der Waals surface area contributed by atoms with Crippen molar-refractivity contribution >= 4 is 12.2 Å². The van der Waals surface area contributed by atoms with Crippen LogP contribution in [0.1, 0.15) is 36.6 Å². The molecule has 1 aromatic heterocycles. The van der Waals surface area contributed by atoms with E-state index >= 15 is 0 Å². The SMILES string of the molecule is C=Cc1nncc(C(C)C)c1/C=C\N. The molecule has 0 unspecified atom stereocenters. The van der Waals surface area contributed by atoms with Crippen molar-refractivity contribution in [2.24, 2.45) is 5.73 Å². The first-order valence-electron chi connectivity index (χ1n) is 4.57. The van der Waals surface area contributed by atoms with Crippen LogP contribution in [0, 0.1) is 0 Å². The van der Waals surface area contributed by atoms with Crippen molar-refractivity contribution in [2.45, 2.75) is 19.8 Å². The molecule has 0 saturated carbocycles. The van der Waals surface area contributed by atoms with Crippen LogP contribution in [0.15, 0.2) is 19.0 Å². The summed E-state index contributed by atoms with van der Waals surface area (Å²) in [5.74, 6) is 0.399. The third-order valence-corrected chi connectivity index (χ3v) is 2.03. The summed E-state index contributed by atoms with van der Waals surface area (Å²) >= 11 is 0. The molecule has 1 rings (SSSR count). The maximum absolute atomic E-state index is 5.39. The number of rotatable bonds is 3. The normalized spacial score (nSPS) is 11.1. The van der Waals surface area contributed by atoms with Gasteiger partial charge in [-0.15, -0.1) is 0 Å². The van der Waals surface area contributed by atoms with Gasteiger partial charge in [-0.05, 0) is 29.8 Å². The summed E-state index contributed by atoms with van der Waals surface area (Å²) in [5, 5.41) is 7.91. The molecule has 0 aromatic carbocycles. The molecule has 0 fully saturated rings. The van der Waals surface area contributed by atoms with Gasteiger partial charge in [0.2, 0.25) is 0 Å². The van der Waals surface area contributed by atoms with Crippen LogP contribution in [0.2, 0.25) is 0 Å². The van der Waals surface area contributed by atoms with E-state index in [1.54, 1.807) is 12.3 Å². The van der Waals surface area contributed by atoms with Gasteiger partial charge in [0.25, 0.3) is 0 Å². The number of nitrogens with zero attached hydrogens (tertiary/aromatic N) is 2. The topological polar surface area (TPSA) is 51.8 Å². The lowest BCUT2D eigenvalue weighted by atomic mass is 9.98. The van der Waals surface area contributed by atoms with E-state index in [0.717, 1.165) is 16.8 Å². The maximum Gasteiger partial charge on any atom is 0.0927 e. The fourth-order valence-electron chi connectivity index (χ4n) is 1.31. The zero-order chi connectivity index (χ0) is 10.6. The van der Waals surface area contributed by atoms with Crippen molar-refractivity contribution in [1.82, 2.24) is 10.2 Å². The van der Waals surface area contributed by atoms with E-state index in [-0.39, 0.29) is 0 Å². The van der Waals surface area contributed by atoms with Gasteiger partial charge in [-0.1, -0.05) is 20.4 Å². The molecule has 74 valence electrons. The Balaban J connectivity index is 3.34. The first kappa shape index (κ1) is 10.4. The van der Waals surface area contributed by atoms with Gasteiger partial charge < -0.3 is 5.73 Å². The number of hydrogen-bond donors (Lipinski definition) is 1. The second-order valence-corrected chi connectivity index (χ2v) is 3.32. The second-order valence-electron chi connectivity index (χ2n) is 3.32. The van der Waals surface area contributed by atoms with Gasteiger partial charge in [-0.25, -0.2) is 0 Å². The van der Waals surface area contributed by atoms with Crippen molar-refractivity contribution in [3.05, 3.63) is 35.8 Å². The van der Waals surface area contributed by atoms with E-state index in [2.05, 4.69) is 30.6 Å². The Hall–Kier alpha value is -1.64. The summed E-state index contributed by atoms with van der Waals surface area (Å²) in [5.41, 5.74) is 8.31. The van der Waals surface area contributed by atoms with Crippen LogP contribution < -0.4 is 5.73 Å². The third kappa shape index (κ3) is 1.99. The largest absolute Gasteiger partial charge is 0.405 e. The van der Waals surface area contributed by atoms with Crippen molar-refractivity contribution in [2.75, 3.05) is 0 Å². The summed E-state index contributed by atoms with van der Waals surface area (Å²) in [6.07, 6.45) is 6.80. The zero-order valence-electron chi connectivity index (χ0n) is 8.57. The minimum absolute atomic E-state index is 0.399. The first-order chi connectivity index (χ1) is 6.70. The fraction of sp³-hybridized carbons (Fsp3) is 0.273. The summed E-state index contributed by atoms with van der Waals surface area (Å²) in [6.45, 7) is 7.91. The summed E-state index contributed by atoms with van der Waals surface area (Å²) in [4.78, 5) is 0. The van der Waals surface area contributed by atoms with Gasteiger partial charge in [-0.2, -0.15) is 10.2 Å². The second kappa shape index (κ2) is 4.56. The van der Waals surface area contributed by atoms with Crippen molar-refractivity contribution in [1.29, 1.82) is 0 Å². The fourth-order valence-corrected chi connectivity index (χ4v) is 1.31. The Morgan fingerprint density at radius 3 is 2.71 bits per heavy atom. The van der Waals surface area contributed by atoms with Crippen molar-refractivity contribution in [3.63, 3.8) is 0 Å². The van der Waals surface area contributed by atoms with Crippen LogP contribution in [0.4, 0.5) is 0 Å². The van der Waals surface area contributed by atoms with Crippen LogP contribution in [-0.2, 0) is 0 Å².